The lowest BCUT2D eigenvalue weighted by Crippen LogP contribution is -2.30. The topological polar surface area (TPSA) is 82.6 Å². The van der Waals surface area contributed by atoms with E-state index in [0.29, 0.717) is 5.56 Å². The number of Topliss-reactive ketones (excluding diaryl/α,β-unsaturated/α-hetero) is 1. The fourth-order valence-electron chi connectivity index (χ4n) is 0.969. The molecule has 0 aliphatic rings. The average molecular weight is 203 g/mol. The van der Waals surface area contributed by atoms with Crippen LogP contribution in [0.5, 0.6) is 0 Å². The first-order chi connectivity index (χ1) is 7.24. The van der Waals surface area contributed by atoms with Crippen LogP contribution in [0.1, 0.15) is 10.4 Å². The summed E-state index contributed by atoms with van der Waals surface area (Å²) < 4.78 is 0. The molecule has 0 aliphatic heterocycles. The molecule has 0 unspecified atom stereocenters. The lowest BCUT2D eigenvalue weighted by Gasteiger charge is -2.00. The van der Waals surface area contributed by atoms with Crippen LogP contribution in [-0.4, -0.2) is 29.2 Å². The molecule has 0 aliphatic carbocycles. The number of amides is 1. The van der Waals surface area contributed by atoms with Crippen molar-refractivity contribution in [1.29, 1.82) is 0 Å². The summed E-state index contributed by atoms with van der Waals surface area (Å²) in [6, 6.07) is 8.53. The van der Waals surface area contributed by atoms with Crippen molar-refractivity contribution in [3.8, 4) is 0 Å². The van der Waals surface area contributed by atoms with Gasteiger partial charge in [-0.15, -0.1) is 0 Å². The van der Waals surface area contributed by atoms with Gasteiger partial charge in [0, 0.05) is 5.56 Å². The van der Waals surface area contributed by atoms with Crippen LogP contribution in [0.25, 0.3) is 5.53 Å². The minimum absolute atomic E-state index is 0.183. The van der Waals surface area contributed by atoms with Crippen molar-refractivity contribution in [1.82, 2.24) is 5.32 Å². The highest BCUT2D eigenvalue weighted by atomic mass is 16.2. The minimum atomic E-state index is -0.471. The Kier molecular flexibility index (Phi) is 3.94. The van der Waals surface area contributed by atoms with E-state index >= 15 is 0 Å². The van der Waals surface area contributed by atoms with Crippen molar-refractivity contribution in [2.75, 3.05) is 6.54 Å². The van der Waals surface area contributed by atoms with Gasteiger partial charge in [-0.2, -0.15) is 4.79 Å². The second kappa shape index (κ2) is 5.47. The van der Waals surface area contributed by atoms with Gasteiger partial charge in [0.1, 0.15) is 0 Å². The number of rotatable bonds is 4. The fourth-order valence-corrected chi connectivity index (χ4v) is 0.969. The second-order valence-electron chi connectivity index (χ2n) is 2.76. The summed E-state index contributed by atoms with van der Waals surface area (Å²) in [5.41, 5.74) is 8.53. The quantitative estimate of drug-likeness (QED) is 0.433. The van der Waals surface area contributed by atoms with E-state index in [4.69, 9.17) is 5.53 Å². The van der Waals surface area contributed by atoms with E-state index in [2.05, 4.69) is 10.1 Å². The lowest BCUT2D eigenvalue weighted by molar-refractivity contribution is -0.115. The maximum absolute atomic E-state index is 11.4. The summed E-state index contributed by atoms with van der Waals surface area (Å²) in [5, 5.41) is 2.39. The SMILES string of the molecule is [N-]=[N+]=CC(=O)CNC(=O)c1ccccc1. The number of nitrogens with one attached hydrogen (secondary N) is 1. The Morgan fingerprint density at radius 1 is 1.33 bits per heavy atom. The van der Waals surface area contributed by atoms with Crippen LogP contribution < -0.4 is 5.32 Å². The molecule has 5 heteroatoms. The van der Waals surface area contributed by atoms with Gasteiger partial charge in [0.25, 0.3) is 11.7 Å². The Morgan fingerprint density at radius 3 is 2.60 bits per heavy atom. The van der Waals surface area contributed by atoms with E-state index in [0.717, 1.165) is 6.21 Å². The van der Waals surface area contributed by atoms with Crippen molar-refractivity contribution >= 4 is 17.9 Å². The highest BCUT2D eigenvalue weighted by Gasteiger charge is 2.07. The van der Waals surface area contributed by atoms with Crippen LogP contribution in [0.15, 0.2) is 30.3 Å². The van der Waals surface area contributed by atoms with Crippen LogP contribution in [-0.2, 0) is 4.79 Å². The van der Waals surface area contributed by atoms with Crippen molar-refractivity contribution in [2.45, 2.75) is 0 Å². The zero-order valence-electron chi connectivity index (χ0n) is 7.88. The van der Waals surface area contributed by atoms with E-state index in [1.165, 1.54) is 0 Å². The first kappa shape index (κ1) is 10.8. The normalized spacial score (nSPS) is 8.80. The molecule has 1 amide bonds. The number of carbonyl (C=O) groups is 2. The van der Waals surface area contributed by atoms with Crippen LogP contribution in [0.4, 0.5) is 0 Å². The third kappa shape index (κ3) is 3.54. The number of benzene rings is 1. The Morgan fingerprint density at radius 2 is 2.00 bits per heavy atom. The van der Waals surface area contributed by atoms with Gasteiger partial charge in [-0.1, -0.05) is 18.2 Å². The number of carbonyl (C=O) groups excluding carboxylic acids is 2. The van der Waals surface area contributed by atoms with Gasteiger partial charge in [-0.05, 0) is 12.1 Å². The van der Waals surface area contributed by atoms with Crippen LogP contribution in [0.3, 0.4) is 0 Å². The summed E-state index contributed by atoms with van der Waals surface area (Å²) in [5.74, 6) is -0.808. The Bertz CT molecular complexity index is 408. The summed E-state index contributed by atoms with van der Waals surface area (Å²) >= 11 is 0. The highest BCUT2D eigenvalue weighted by Crippen LogP contribution is 1.96. The number of ketones is 1. The van der Waals surface area contributed by atoms with Crippen LogP contribution in [0.2, 0.25) is 0 Å². The predicted octanol–water partition coefficient (Wildman–Crippen LogP) is 0.286. The van der Waals surface area contributed by atoms with Crippen molar-refractivity contribution in [3.05, 3.63) is 41.4 Å². The number of nitrogens with zero attached hydrogens (tertiary/aromatic N) is 2. The molecular formula is C10H9N3O2. The van der Waals surface area contributed by atoms with Crippen LogP contribution >= 0.6 is 0 Å². The van der Waals surface area contributed by atoms with Gasteiger partial charge in [0.2, 0.25) is 0 Å². The summed E-state index contributed by atoms with van der Waals surface area (Å²) in [6.45, 7) is -0.183. The molecule has 0 aromatic heterocycles. The van der Waals surface area contributed by atoms with Gasteiger partial charge >= 0.3 is 6.21 Å². The molecule has 0 bridgehead atoms. The van der Waals surface area contributed by atoms with Gasteiger partial charge < -0.3 is 10.8 Å². The molecule has 0 atom stereocenters. The van der Waals surface area contributed by atoms with Crippen molar-refractivity contribution in [3.63, 3.8) is 0 Å². The molecule has 0 radical (unpaired) electrons. The molecule has 1 N–H and O–H groups in total. The number of hydrogen-bond donors (Lipinski definition) is 1. The largest absolute Gasteiger partial charge is 0.361 e. The molecule has 0 spiro atoms. The summed E-state index contributed by atoms with van der Waals surface area (Å²) in [6.07, 6.45) is 0.741. The second-order valence-corrected chi connectivity index (χ2v) is 2.76. The molecule has 0 fully saturated rings. The average Bonchev–Trinajstić information content (AvgIpc) is 2.27. The third-order valence-corrected chi connectivity index (χ3v) is 1.66. The van der Waals surface area contributed by atoms with Crippen molar-refractivity contribution < 1.29 is 14.4 Å². The Labute approximate surface area is 86.3 Å². The highest BCUT2D eigenvalue weighted by molar-refractivity contribution is 6.26. The number of hydrogen-bond acceptors (Lipinski definition) is 2. The zero-order chi connectivity index (χ0) is 11.1. The smallest absolute Gasteiger partial charge is 0.325 e. The predicted molar refractivity (Wildman–Crippen MR) is 53.5 cm³/mol. The molecule has 0 saturated carbocycles. The molecule has 1 aromatic rings. The molecule has 1 rings (SSSR count). The summed E-state index contributed by atoms with van der Waals surface area (Å²) in [7, 11) is 0. The van der Waals surface area contributed by atoms with E-state index in [-0.39, 0.29) is 12.5 Å². The van der Waals surface area contributed by atoms with E-state index in [9.17, 15) is 9.59 Å². The van der Waals surface area contributed by atoms with E-state index < -0.39 is 5.78 Å². The zero-order valence-corrected chi connectivity index (χ0v) is 7.88. The molecule has 76 valence electrons. The Hall–Kier alpha value is -2.26. The van der Waals surface area contributed by atoms with Gasteiger partial charge in [-0.3, -0.25) is 9.59 Å². The van der Waals surface area contributed by atoms with Crippen molar-refractivity contribution in [2.24, 2.45) is 0 Å². The van der Waals surface area contributed by atoms with E-state index in [1.807, 2.05) is 0 Å². The summed E-state index contributed by atoms with van der Waals surface area (Å²) in [4.78, 5) is 24.8. The first-order valence-electron chi connectivity index (χ1n) is 4.27. The maximum Gasteiger partial charge on any atom is 0.325 e. The molecule has 1 aromatic carbocycles. The maximum atomic E-state index is 11.4. The fraction of sp³-hybridized carbons (Fsp3) is 0.100. The van der Waals surface area contributed by atoms with Gasteiger partial charge in [0.15, 0.2) is 0 Å². The molecule has 0 heterocycles. The minimum Gasteiger partial charge on any atom is -0.361 e. The molecule has 0 saturated heterocycles. The lowest BCUT2D eigenvalue weighted by atomic mass is 10.2. The van der Waals surface area contributed by atoms with Crippen LogP contribution in [0, 0.1) is 0 Å². The standard InChI is InChI=1S/C10H9N3O2/c11-13-7-9(14)6-12-10(15)8-4-2-1-3-5-8/h1-5,7H,6H2,(H,12,15). The van der Waals surface area contributed by atoms with Gasteiger partial charge in [0.05, 0.1) is 6.54 Å². The third-order valence-electron chi connectivity index (χ3n) is 1.66. The molecular weight excluding hydrogens is 194 g/mol. The Balaban J connectivity index is 2.51. The monoisotopic (exact) mass is 203 g/mol. The first-order valence-corrected chi connectivity index (χ1v) is 4.27. The molecule has 5 nitrogen and oxygen atoms in total. The molecule has 15 heavy (non-hydrogen) atoms. The van der Waals surface area contributed by atoms with Gasteiger partial charge in [-0.25, -0.2) is 0 Å². The van der Waals surface area contributed by atoms with E-state index in [1.54, 1.807) is 30.3 Å².